The molecule has 0 saturated carbocycles. The topological polar surface area (TPSA) is 147 Å². The summed E-state index contributed by atoms with van der Waals surface area (Å²) in [7, 11) is 0. The van der Waals surface area contributed by atoms with Crippen molar-refractivity contribution in [2.75, 3.05) is 36.0 Å². The van der Waals surface area contributed by atoms with Crippen LogP contribution in [0.4, 0.5) is 11.6 Å². The summed E-state index contributed by atoms with van der Waals surface area (Å²) in [6.45, 7) is 16.8. The molecule has 10 heteroatoms. The number of unbranched alkanes of at least 4 members (excludes halogenated alkanes) is 10. The van der Waals surface area contributed by atoms with Gasteiger partial charge in [0.05, 0.1) is 11.4 Å². The van der Waals surface area contributed by atoms with Crippen LogP contribution in [0.15, 0.2) is 0 Å². The monoisotopic (exact) mass is 670 g/mol. The van der Waals surface area contributed by atoms with E-state index in [1.54, 1.807) is 0 Å². The predicted molar refractivity (Wildman–Crippen MR) is 194 cm³/mol. The molecule has 4 heterocycles. The van der Waals surface area contributed by atoms with Gasteiger partial charge in [0.25, 0.3) is 0 Å². The van der Waals surface area contributed by atoms with Gasteiger partial charge in [-0.2, -0.15) is 0 Å². The molecule has 2 aromatic heterocycles. The van der Waals surface area contributed by atoms with Crippen LogP contribution in [0.1, 0.15) is 137 Å². The second-order valence-electron chi connectivity index (χ2n) is 13.3. The molecule has 2 aromatic rings. The molecule has 0 unspecified atom stereocenters. The first-order chi connectivity index (χ1) is 22.9. The fourth-order valence-electron chi connectivity index (χ4n) is 6.55. The molecule has 0 amide bonds. The van der Waals surface area contributed by atoms with Gasteiger partial charge in [0.2, 0.25) is 0 Å². The van der Waals surface area contributed by atoms with Crippen molar-refractivity contribution in [3.63, 3.8) is 0 Å². The highest BCUT2D eigenvalue weighted by atomic mass is 16.4. The first kappa shape index (κ1) is 40.6. The fourth-order valence-corrected chi connectivity index (χ4v) is 6.55. The number of pyridine rings is 2. The van der Waals surface area contributed by atoms with Gasteiger partial charge in [-0.15, -0.1) is 0 Å². The van der Waals surface area contributed by atoms with E-state index in [9.17, 15) is 10.2 Å². The zero-order chi connectivity index (χ0) is 35.6. The summed E-state index contributed by atoms with van der Waals surface area (Å²) in [5.41, 5.74) is 6.11. The molecule has 0 aliphatic carbocycles. The first-order valence-electron chi connectivity index (χ1n) is 18.3. The highest BCUT2D eigenvalue weighted by molar-refractivity contribution is 6.27. The summed E-state index contributed by atoms with van der Waals surface area (Å²) < 4.78 is 0. The lowest BCUT2D eigenvalue weighted by molar-refractivity contribution is -0.159. The zero-order valence-electron chi connectivity index (χ0n) is 30.5. The molecule has 0 spiro atoms. The summed E-state index contributed by atoms with van der Waals surface area (Å²) in [6.07, 6.45) is 20.4. The SMILES string of the molecule is CCCCCCCCN1CCCc2c1nc(C)c(O)c2C.CCCCCCCCN1CCCc2c1nc(C)c(O)c2C.O=C(O)C(=O)O. The summed E-state index contributed by atoms with van der Waals surface area (Å²) in [6, 6.07) is 0. The van der Waals surface area contributed by atoms with Crippen molar-refractivity contribution in [1.29, 1.82) is 0 Å². The van der Waals surface area contributed by atoms with Gasteiger partial charge in [-0.25, -0.2) is 19.6 Å². The maximum absolute atomic E-state index is 10.1. The average molecular weight is 671 g/mol. The van der Waals surface area contributed by atoms with Crippen molar-refractivity contribution in [2.45, 2.75) is 144 Å². The summed E-state index contributed by atoms with van der Waals surface area (Å²) >= 11 is 0. The molecule has 270 valence electrons. The van der Waals surface area contributed by atoms with E-state index in [4.69, 9.17) is 19.8 Å². The van der Waals surface area contributed by atoms with Gasteiger partial charge < -0.3 is 30.2 Å². The minimum Gasteiger partial charge on any atom is -0.506 e. The zero-order valence-corrected chi connectivity index (χ0v) is 30.5. The lowest BCUT2D eigenvalue weighted by Crippen LogP contribution is -2.32. The number of carboxylic acids is 2. The Balaban J connectivity index is 0.000000286. The Bertz CT molecular complexity index is 1220. The second-order valence-corrected chi connectivity index (χ2v) is 13.3. The Morgan fingerprint density at radius 2 is 0.917 bits per heavy atom. The van der Waals surface area contributed by atoms with Crippen LogP contribution in [0.5, 0.6) is 11.5 Å². The molecule has 0 saturated heterocycles. The normalized spacial score (nSPS) is 13.5. The van der Waals surface area contributed by atoms with Crippen LogP contribution >= 0.6 is 0 Å². The highest BCUT2D eigenvalue weighted by Gasteiger charge is 2.24. The van der Waals surface area contributed by atoms with Crippen LogP contribution in [0.3, 0.4) is 0 Å². The van der Waals surface area contributed by atoms with Crippen molar-refractivity contribution in [3.8, 4) is 11.5 Å². The van der Waals surface area contributed by atoms with Gasteiger partial charge in [0.1, 0.15) is 23.1 Å². The fraction of sp³-hybridized carbons (Fsp3) is 0.684. The van der Waals surface area contributed by atoms with Gasteiger partial charge >= 0.3 is 11.9 Å². The van der Waals surface area contributed by atoms with E-state index >= 15 is 0 Å². The number of aliphatic carboxylic acids is 2. The maximum Gasteiger partial charge on any atom is 0.414 e. The molecule has 2 aliphatic rings. The van der Waals surface area contributed by atoms with E-state index < -0.39 is 11.9 Å². The molecule has 0 aromatic carbocycles. The molecule has 0 bridgehead atoms. The van der Waals surface area contributed by atoms with Crippen LogP contribution in [-0.4, -0.2) is 68.5 Å². The minimum absolute atomic E-state index is 0.384. The van der Waals surface area contributed by atoms with E-state index in [1.165, 1.54) is 101 Å². The van der Waals surface area contributed by atoms with Crippen LogP contribution in [0, 0.1) is 27.7 Å². The molecule has 0 fully saturated rings. The lowest BCUT2D eigenvalue weighted by Gasteiger charge is -2.31. The molecular formula is C38H62N4O6. The van der Waals surface area contributed by atoms with Crippen LogP contribution < -0.4 is 9.80 Å². The molecule has 10 nitrogen and oxygen atoms in total. The maximum atomic E-state index is 10.1. The largest absolute Gasteiger partial charge is 0.506 e. The number of hydrogen-bond acceptors (Lipinski definition) is 8. The molecule has 4 rings (SSSR count). The van der Waals surface area contributed by atoms with E-state index in [0.717, 1.165) is 73.2 Å². The van der Waals surface area contributed by atoms with Crippen molar-refractivity contribution < 1.29 is 30.0 Å². The van der Waals surface area contributed by atoms with Gasteiger partial charge in [0.15, 0.2) is 0 Å². The van der Waals surface area contributed by atoms with Crippen molar-refractivity contribution in [1.82, 2.24) is 9.97 Å². The van der Waals surface area contributed by atoms with E-state index in [-0.39, 0.29) is 0 Å². The van der Waals surface area contributed by atoms with Gasteiger partial charge in [-0.1, -0.05) is 78.1 Å². The van der Waals surface area contributed by atoms with Gasteiger partial charge in [-0.3, -0.25) is 0 Å². The number of nitrogens with zero attached hydrogens (tertiary/aromatic N) is 4. The van der Waals surface area contributed by atoms with Crippen LogP contribution in [0.2, 0.25) is 0 Å². The number of aromatic nitrogens is 2. The lowest BCUT2D eigenvalue weighted by atomic mass is 9.99. The molecule has 0 atom stereocenters. The highest BCUT2D eigenvalue weighted by Crippen LogP contribution is 2.35. The van der Waals surface area contributed by atoms with E-state index in [1.807, 2.05) is 27.7 Å². The van der Waals surface area contributed by atoms with Crippen molar-refractivity contribution >= 4 is 23.6 Å². The summed E-state index contributed by atoms with van der Waals surface area (Å²) in [5, 5.41) is 34.9. The number of fused-ring (bicyclic) bond motifs is 2. The number of aromatic hydroxyl groups is 2. The standard InChI is InChI=1S/2C18H30N2O.C2H2O4/c2*1-4-5-6-7-8-9-12-20-13-10-11-16-14(2)17(21)15(3)19-18(16)20;3-1(4)2(5)6/h2*21H,4-13H2,1-3H3;(H,3,4)(H,5,6). The average Bonchev–Trinajstić information content (AvgIpc) is 3.07. The minimum atomic E-state index is -1.82. The predicted octanol–water partition coefficient (Wildman–Crippen LogP) is 8.19. The molecular weight excluding hydrogens is 608 g/mol. The smallest absolute Gasteiger partial charge is 0.414 e. The van der Waals surface area contributed by atoms with Gasteiger partial charge in [0, 0.05) is 37.3 Å². The molecule has 2 aliphatic heterocycles. The van der Waals surface area contributed by atoms with E-state index in [2.05, 4.69) is 33.6 Å². The number of rotatable bonds is 14. The Labute approximate surface area is 288 Å². The number of hydrogen-bond donors (Lipinski definition) is 4. The molecule has 4 N–H and O–H groups in total. The number of anilines is 2. The quantitative estimate of drug-likeness (QED) is 0.115. The van der Waals surface area contributed by atoms with Crippen LogP contribution in [0.25, 0.3) is 0 Å². The second kappa shape index (κ2) is 21.4. The van der Waals surface area contributed by atoms with Crippen molar-refractivity contribution in [2.24, 2.45) is 0 Å². The summed E-state index contributed by atoms with van der Waals surface area (Å²) in [4.78, 5) is 32.4. The van der Waals surface area contributed by atoms with Crippen LogP contribution in [-0.2, 0) is 22.4 Å². The Morgan fingerprint density at radius 3 is 1.25 bits per heavy atom. The summed E-state index contributed by atoms with van der Waals surface area (Å²) in [5.74, 6) is -0.624. The third-order valence-electron chi connectivity index (χ3n) is 9.44. The molecule has 0 radical (unpaired) electrons. The number of carbonyl (C=O) groups is 2. The number of carboxylic acid groups (broad SMARTS) is 2. The van der Waals surface area contributed by atoms with Crippen molar-refractivity contribution in [3.05, 3.63) is 33.6 Å². The number of aryl methyl sites for hydroxylation is 2. The van der Waals surface area contributed by atoms with Gasteiger partial charge in [-0.05, 0) is 77.3 Å². The first-order valence-corrected chi connectivity index (χ1v) is 18.3. The third-order valence-corrected chi connectivity index (χ3v) is 9.44. The Kier molecular flexibility index (Phi) is 18.1. The third kappa shape index (κ3) is 12.5. The molecule has 48 heavy (non-hydrogen) atoms. The Hall–Kier alpha value is -3.56. The Morgan fingerprint density at radius 1 is 0.583 bits per heavy atom. The van der Waals surface area contributed by atoms with E-state index in [0.29, 0.717) is 11.5 Å².